The molecular formula is C19H24O5S. The van der Waals surface area contributed by atoms with Gasteiger partial charge in [-0.25, -0.2) is 4.79 Å². The fourth-order valence-electron chi connectivity index (χ4n) is 1.98. The third kappa shape index (κ3) is 5.32. The molecule has 0 amide bonds. The zero-order valence-corrected chi connectivity index (χ0v) is 16.2. The summed E-state index contributed by atoms with van der Waals surface area (Å²) in [6.07, 6.45) is 0. The molecule has 0 heterocycles. The van der Waals surface area contributed by atoms with Gasteiger partial charge in [-0.2, -0.15) is 0 Å². The second-order valence-corrected chi connectivity index (χ2v) is 5.59. The van der Waals surface area contributed by atoms with Crippen LogP contribution in [0.5, 0.6) is 17.2 Å². The van der Waals surface area contributed by atoms with E-state index in [1.54, 1.807) is 26.4 Å². The van der Waals surface area contributed by atoms with Crippen LogP contribution in [0.4, 0.5) is 0 Å². The van der Waals surface area contributed by atoms with Crippen LogP contribution in [-0.4, -0.2) is 34.4 Å². The fraction of sp³-hybridized carbons (Fsp3) is 0.316. The number of hydrogen-bond donors (Lipinski definition) is 0. The third-order valence-corrected chi connectivity index (χ3v) is 4.24. The minimum absolute atomic E-state index is 0.422. The van der Waals surface area contributed by atoms with E-state index in [-0.39, 0.29) is 0 Å². The molecule has 0 saturated heterocycles. The molecule has 136 valence electrons. The Bertz CT molecular complexity index is 683. The lowest BCUT2D eigenvalue weighted by Gasteiger charge is -2.13. The van der Waals surface area contributed by atoms with Gasteiger partial charge in [0.1, 0.15) is 5.75 Å². The molecule has 6 heteroatoms. The first-order chi connectivity index (χ1) is 12.1. The Hall–Kier alpha value is -2.34. The number of rotatable bonds is 6. The summed E-state index contributed by atoms with van der Waals surface area (Å²) in [6, 6.07) is 10.9. The van der Waals surface area contributed by atoms with Gasteiger partial charge < -0.3 is 18.9 Å². The number of methoxy groups -OCH3 is 4. The van der Waals surface area contributed by atoms with Gasteiger partial charge in [-0.05, 0) is 36.4 Å². The summed E-state index contributed by atoms with van der Waals surface area (Å²) in [5, 5.41) is 0. The maximum Gasteiger partial charge on any atom is 0.339 e. The zero-order chi connectivity index (χ0) is 18.8. The summed E-state index contributed by atoms with van der Waals surface area (Å²) >= 11 is 1.43. The van der Waals surface area contributed by atoms with Crippen LogP contribution in [0.15, 0.2) is 46.2 Å². The fourth-order valence-corrected chi connectivity index (χ4v) is 2.93. The summed E-state index contributed by atoms with van der Waals surface area (Å²) in [7, 11) is 6.04. The van der Waals surface area contributed by atoms with E-state index in [4.69, 9.17) is 18.9 Å². The quantitative estimate of drug-likeness (QED) is 0.694. The number of ether oxygens (including phenoxy) is 4. The van der Waals surface area contributed by atoms with Crippen molar-refractivity contribution in [3.05, 3.63) is 42.0 Å². The Kier molecular flexibility index (Phi) is 8.70. The van der Waals surface area contributed by atoms with Gasteiger partial charge in [0.05, 0.1) is 34.0 Å². The Morgan fingerprint density at radius 3 is 1.88 bits per heavy atom. The van der Waals surface area contributed by atoms with Gasteiger partial charge >= 0.3 is 5.97 Å². The van der Waals surface area contributed by atoms with E-state index in [1.807, 2.05) is 38.1 Å². The second-order valence-electron chi connectivity index (χ2n) is 4.47. The minimum Gasteiger partial charge on any atom is -0.497 e. The minimum atomic E-state index is -0.429. The highest BCUT2D eigenvalue weighted by Gasteiger charge is 2.18. The smallest absolute Gasteiger partial charge is 0.339 e. The van der Waals surface area contributed by atoms with Gasteiger partial charge in [0, 0.05) is 9.79 Å². The molecule has 0 aliphatic carbocycles. The van der Waals surface area contributed by atoms with E-state index >= 15 is 0 Å². The van der Waals surface area contributed by atoms with Crippen molar-refractivity contribution in [2.45, 2.75) is 23.6 Å². The number of carbonyl (C=O) groups is 1. The maximum atomic E-state index is 12.0. The van der Waals surface area contributed by atoms with Gasteiger partial charge in [0.2, 0.25) is 0 Å². The van der Waals surface area contributed by atoms with Crippen molar-refractivity contribution in [3.8, 4) is 17.2 Å². The molecule has 0 aliphatic rings. The molecule has 0 aliphatic heterocycles. The molecule has 0 unspecified atom stereocenters. The first kappa shape index (κ1) is 20.7. The standard InChI is InChI=1S/C17H18O5S.C2H6/c1-19-11-5-7-12(8-6-11)23-16-10-15(21-3)14(20-2)9-13(16)17(18)22-4;1-2/h5-10H,1-4H3;1-2H3. The molecule has 0 fully saturated rings. The van der Waals surface area contributed by atoms with Gasteiger partial charge in [0.15, 0.2) is 11.5 Å². The molecule has 0 saturated carbocycles. The molecule has 2 rings (SSSR count). The molecule has 0 N–H and O–H groups in total. The van der Waals surface area contributed by atoms with E-state index < -0.39 is 5.97 Å². The summed E-state index contributed by atoms with van der Waals surface area (Å²) in [4.78, 5) is 13.7. The van der Waals surface area contributed by atoms with Crippen LogP contribution in [0, 0.1) is 0 Å². The number of benzene rings is 2. The van der Waals surface area contributed by atoms with Crippen LogP contribution in [0.2, 0.25) is 0 Å². The number of carbonyl (C=O) groups excluding carboxylic acids is 1. The van der Waals surface area contributed by atoms with Crippen LogP contribution in [0.1, 0.15) is 24.2 Å². The summed E-state index contributed by atoms with van der Waals surface area (Å²) in [6.45, 7) is 4.00. The molecule has 2 aromatic carbocycles. The SMILES string of the molecule is CC.COC(=O)c1cc(OC)c(OC)cc1Sc1ccc(OC)cc1. The highest BCUT2D eigenvalue weighted by molar-refractivity contribution is 7.99. The van der Waals surface area contributed by atoms with Gasteiger partial charge in [-0.3, -0.25) is 0 Å². The lowest BCUT2D eigenvalue weighted by Crippen LogP contribution is -2.04. The molecule has 0 aromatic heterocycles. The average Bonchev–Trinajstić information content (AvgIpc) is 2.69. The van der Waals surface area contributed by atoms with Gasteiger partial charge in [-0.15, -0.1) is 0 Å². The van der Waals surface area contributed by atoms with Crippen LogP contribution in [-0.2, 0) is 4.74 Å². The predicted molar refractivity (Wildman–Crippen MR) is 99.4 cm³/mol. The van der Waals surface area contributed by atoms with Crippen molar-refractivity contribution in [1.82, 2.24) is 0 Å². The van der Waals surface area contributed by atoms with E-state index in [1.165, 1.54) is 26.0 Å². The Labute approximate surface area is 153 Å². The van der Waals surface area contributed by atoms with E-state index in [9.17, 15) is 4.79 Å². The molecule has 0 atom stereocenters. The highest BCUT2D eigenvalue weighted by Crippen LogP contribution is 2.39. The molecule has 0 radical (unpaired) electrons. The van der Waals surface area contributed by atoms with Crippen LogP contribution >= 0.6 is 11.8 Å². The van der Waals surface area contributed by atoms with Crippen molar-refractivity contribution in [2.24, 2.45) is 0 Å². The van der Waals surface area contributed by atoms with E-state index in [0.717, 1.165) is 15.5 Å². The van der Waals surface area contributed by atoms with Crippen LogP contribution < -0.4 is 14.2 Å². The molecule has 0 bridgehead atoms. The first-order valence-corrected chi connectivity index (χ1v) is 8.60. The topological polar surface area (TPSA) is 54.0 Å². The highest BCUT2D eigenvalue weighted by atomic mass is 32.2. The molecule has 0 spiro atoms. The monoisotopic (exact) mass is 364 g/mol. The predicted octanol–water partition coefficient (Wildman–Crippen LogP) is 4.68. The Balaban J connectivity index is 0.00000151. The van der Waals surface area contributed by atoms with Crippen molar-refractivity contribution in [3.63, 3.8) is 0 Å². The maximum absolute atomic E-state index is 12.0. The normalized spacial score (nSPS) is 9.52. The molecular weight excluding hydrogens is 340 g/mol. The van der Waals surface area contributed by atoms with Crippen molar-refractivity contribution >= 4 is 17.7 Å². The average molecular weight is 364 g/mol. The van der Waals surface area contributed by atoms with E-state index in [0.29, 0.717) is 17.1 Å². The largest absolute Gasteiger partial charge is 0.497 e. The van der Waals surface area contributed by atoms with Crippen molar-refractivity contribution in [1.29, 1.82) is 0 Å². The molecule has 2 aromatic rings. The van der Waals surface area contributed by atoms with Crippen molar-refractivity contribution < 1.29 is 23.7 Å². The summed E-state index contributed by atoms with van der Waals surface area (Å²) in [5.74, 6) is 1.37. The Morgan fingerprint density at radius 1 is 0.840 bits per heavy atom. The lowest BCUT2D eigenvalue weighted by molar-refractivity contribution is 0.0596. The second kappa shape index (κ2) is 10.5. The number of hydrogen-bond acceptors (Lipinski definition) is 6. The van der Waals surface area contributed by atoms with Gasteiger partial charge in [0.25, 0.3) is 0 Å². The third-order valence-electron chi connectivity index (χ3n) is 3.18. The van der Waals surface area contributed by atoms with E-state index in [2.05, 4.69) is 0 Å². The molecule has 5 nitrogen and oxygen atoms in total. The van der Waals surface area contributed by atoms with Crippen LogP contribution in [0.3, 0.4) is 0 Å². The Morgan fingerprint density at radius 2 is 1.40 bits per heavy atom. The van der Waals surface area contributed by atoms with Gasteiger partial charge in [-0.1, -0.05) is 25.6 Å². The summed E-state index contributed by atoms with van der Waals surface area (Å²) < 4.78 is 20.6. The summed E-state index contributed by atoms with van der Waals surface area (Å²) in [5.41, 5.74) is 0.422. The first-order valence-electron chi connectivity index (χ1n) is 7.79. The lowest BCUT2D eigenvalue weighted by atomic mass is 10.2. The zero-order valence-electron chi connectivity index (χ0n) is 15.4. The van der Waals surface area contributed by atoms with Crippen LogP contribution in [0.25, 0.3) is 0 Å². The molecule has 25 heavy (non-hydrogen) atoms. The van der Waals surface area contributed by atoms with Crippen molar-refractivity contribution in [2.75, 3.05) is 28.4 Å². The number of esters is 1.